The molecular formula is C24H28N4OS. The number of carbonyl (C=O) groups excluding carboxylic acids is 1. The van der Waals surface area contributed by atoms with E-state index in [-0.39, 0.29) is 5.91 Å². The summed E-state index contributed by atoms with van der Waals surface area (Å²) in [6, 6.07) is 16.4. The molecule has 0 saturated carbocycles. The second kappa shape index (κ2) is 8.98. The number of hydrogen-bond donors (Lipinski definition) is 1. The Balaban J connectivity index is 1.51. The van der Waals surface area contributed by atoms with Gasteiger partial charge in [-0.3, -0.25) is 4.79 Å². The van der Waals surface area contributed by atoms with Crippen LogP contribution in [0.15, 0.2) is 48.5 Å². The predicted molar refractivity (Wildman–Crippen MR) is 126 cm³/mol. The number of para-hydroxylation sites is 2. The fraction of sp³-hybridized carbons (Fsp3) is 0.333. The van der Waals surface area contributed by atoms with Gasteiger partial charge in [-0.15, -0.1) is 11.3 Å². The van der Waals surface area contributed by atoms with Crippen LogP contribution in [-0.2, 0) is 11.2 Å². The Morgan fingerprint density at radius 2 is 1.73 bits per heavy atom. The molecule has 1 saturated heterocycles. The molecule has 0 bridgehead atoms. The molecule has 6 heteroatoms. The monoisotopic (exact) mass is 420 g/mol. The summed E-state index contributed by atoms with van der Waals surface area (Å²) in [5, 5.41) is 4.13. The molecule has 5 nitrogen and oxygen atoms in total. The van der Waals surface area contributed by atoms with Gasteiger partial charge in [0, 0.05) is 36.6 Å². The summed E-state index contributed by atoms with van der Waals surface area (Å²) in [6.45, 7) is 8.06. The zero-order valence-electron chi connectivity index (χ0n) is 17.8. The molecule has 1 amide bonds. The zero-order chi connectivity index (χ0) is 21.1. The maximum absolute atomic E-state index is 13.0. The van der Waals surface area contributed by atoms with Gasteiger partial charge >= 0.3 is 0 Å². The van der Waals surface area contributed by atoms with Crippen molar-refractivity contribution in [3.63, 3.8) is 0 Å². The van der Waals surface area contributed by atoms with Gasteiger partial charge in [-0.05, 0) is 33.0 Å². The Morgan fingerprint density at radius 3 is 2.47 bits per heavy atom. The van der Waals surface area contributed by atoms with E-state index in [1.165, 1.54) is 5.56 Å². The topological polar surface area (TPSA) is 48.5 Å². The van der Waals surface area contributed by atoms with E-state index in [9.17, 15) is 4.79 Å². The Bertz CT molecular complexity index is 1020. The van der Waals surface area contributed by atoms with Crippen LogP contribution in [0.1, 0.15) is 15.4 Å². The minimum atomic E-state index is -0.00594. The van der Waals surface area contributed by atoms with Crippen LogP contribution in [0.25, 0.3) is 11.3 Å². The van der Waals surface area contributed by atoms with E-state index in [1.807, 2.05) is 25.1 Å². The third-order valence-electron chi connectivity index (χ3n) is 5.47. The quantitative estimate of drug-likeness (QED) is 0.666. The number of rotatable bonds is 5. The van der Waals surface area contributed by atoms with Crippen LogP contribution in [0.3, 0.4) is 0 Å². The highest BCUT2D eigenvalue weighted by Crippen LogP contribution is 2.30. The number of anilines is 2. The lowest BCUT2D eigenvalue weighted by Gasteiger charge is -2.35. The van der Waals surface area contributed by atoms with Crippen molar-refractivity contribution in [1.82, 2.24) is 9.88 Å². The Morgan fingerprint density at radius 1 is 1.03 bits per heavy atom. The second-order valence-corrected chi connectivity index (χ2v) is 9.19. The molecular weight excluding hydrogens is 392 g/mol. The summed E-state index contributed by atoms with van der Waals surface area (Å²) < 4.78 is 0. The molecule has 1 aromatic heterocycles. The molecule has 30 heavy (non-hydrogen) atoms. The SMILES string of the molecule is Cc1ccc(-c2nc(C)sc2CC(=O)Nc2ccccc2N2CCN(C)CC2)cc1. The fourth-order valence-corrected chi connectivity index (χ4v) is 4.73. The highest BCUT2D eigenvalue weighted by atomic mass is 32.1. The van der Waals surface area contributed by atoms with E-state index >= 15 is 0 Å². The molecule has 0 aliphatic carbocycles. The summed E-state index contributed by atoms with van der Waals surface area (Å²) in [5.74, 6) is -0.00594. The summed E-state index contributed by atoms with van der Waals surface area (Å²) in [5.41, 5.74) is 5.17. The van der Waals surface area contributed by atoms with Gasteiger partial charge in [-0.25, -0.2) is 4.98 Å². The lowest BCUT2D eigenvalue weighted by molar-refractivity contribution is -0.115. The molecule has 3 aromatic rings. The number of nitrogens with one attached hydrogen (secondary N) is 1. The van der Waals surface area contributed by atoms with E-state index in [0.717, 1.165) is 58.7 Å². The minimum absolute atomic E-state index is 0.00594. The molecule has 1 aliphatic rings. The number of nitrogens with zero attached hydrogens (tertiary/aromatic N) is 3. The van der Waals surface area contributed by atoms with Crippen molar-refractivity contribution in [3.05, 3.63) is 64.0 Å². The number of piperazine rings is 1. The number of aromatic nitrogens is 1. The van der Waals surface area contributed by atoms with Crippen LogP contribution < -0.4 is 10.2 Å². The molecule has 1 aliphatic heterocycles. The van der Waals surface area contributed by atoms with Gasteiger partial charge < -0.3 is 15.1 Å². The van der Waals surface area contributed by atoms with Gasteiger partial charge in [-0.1, -0.05) is 42.0 Å². The van der Waals surface area contributed by atoms with Crippen molar-refractivity contribution in [2.75, 3.05) is 43.4 Å². The van der Waals surface area contributed by atoms with Crippen molar-refractivity contribution < 1.29 is 4.79 Å². The number of thiazole rings is 1. The third-order valence-corrected chi connectivity index (χ3v) is 6.44. The molecule has 0 atom stereocenters. The Kier molecular flexibility index (Phi) is 6.16. The maximum Gasteiger partial charge on any atom is 0.229 e. The van der Waals surface area contributed by atoms with Gasteiger partial charge in [0.1, 0.15) is 0 Å². The molecule has 4 rings (SSSR count). The van der Waals surface area contributed by atoms with Gasteiger partial charge in [0.2, 0.25) is 5.91 Å². The van der Waals surface area contributed by atoms with Crippen LogP contribution in [0.4, 0.5) is 11.4 Å². The number of carbonyl (C=O) groups is 1. The van der Waals surface area contributed by atoms with Gasteiger partial charge in [0.25, 0.3) is 0 Å². The van der Waals surface area contributed by atoms with Crippen LogP contribution in [0.5, 0.6) is 0 Å². The summed E-state index contributed by atoms with van der Waals surface area (Å²) >= 11 is 1.60. The van der Waals surface area contributed by atoms with Gasteiger partial charge in [0.15, 0.2) is 0 Å². The largest absolute Gasteiger partial charge is 0.367 e. The van der Waals surface area contributed by atoms with Crippen molar-refractivity contribution in [2.45, 2.75) is 20.3 Å². The summed E-state index contributed by atoms with van der Waals surface area (Å²) in [6.07, 6.45) is 0.325. The van der Waals surface area contributed by atoms with Crippen LogP contribution in [0.2, 0.25) is 0 Å². The Labute approximate surface area is 182 Å². The highest BCUT2D eigenvalue weighted by molar-refractivity contribution is 7.12. The first-order valence-corrected chi connectivity index (χ1v) is 11.2. The van der Waals surface area contributed by atoms with Gasteiger partial charge in [-0.2, -0.15) is 0 Å². The predicted octanol–water partition coefficient (Wildman–Crippen LogP) is 4.36. The van der Waals surface area contributed by atoms with Crippen molar-refractivity contribution in [3.8, 4) is 11.3 Å². The van der Waals surface area contributed by atoms with E-state index in [4.69, 9.17) is 4.98 Å². The summed E-state index contributed by atoms with van der Waals surface area (Å²) in [4.78, 5) is 23.3. The van der Waals surface area contributed by atoms with E-state index in [2.05, 4.69) is 59.4 Å². The maximum atomic E-state index is 13.0. The molecule has 1 fully saturated rings. The minimum Gasteiger partial charge on any atom is -0.367 e. The molecule has 156 valence electrons. The number of likely N-dealkylation sites (N-methyl/N-ethyl adjacent to an activating group) is 1. The lowest BCUT2D eigenvalue weighted by Crippen LogP contribution is -2.44. The smallest absolute Gasteiger partial charge is 0.229 e. The van der Waals surface area contributed by atoms with Crippen LogP contribution in [0, 0.1) is 13.8 Å². The third kappa shape index (κ3) is 4.71. The van der Waals surface area contributed by atoms with Gasteiger partial charge in [0.05, 0.1) is 28.5 Å². The lowest BCUT2D eigenvalue weighted by atomic mass is 10.1. The van der Waals surface area contributed by atoms with E-state index in [0.29, 0.717) is 6.42 Å². The van der Waals surface area contributed by atoms with E-state index < -0.39 is 0 Å². The van der Waals surface area contributed by atoms with Crippen molar-refractivity contribution in [2.24, 2.45) is 0 Å². The zero-order valence-corrected chi connectivity index (χ0v) is 18.6. The number of aryl methyl sites for hydroxylation is 2. The molecule has 0 unspecified atom stereocenters. The fourth-order valence-electron chi connectivity index (χ4n) is 3.77. The molecule has 0 spiro atoms. The number of benzene rings is 2. The molecule has 2 aromatic carbocycles. The van der Waals surface area contributed by atoms with Crippen LogP contribution >= 0.6 is 11.3 Å². The molecule has 2 heterocycles. The highest BCUT2D eigenvalue weighted by Gasteiger charge is 2.19. The average molecular weight is 421 g/mol. The molecule has 0 radical (unpaired) electrons. The standard InChI is InChI=1S/C24H28N4OS/c1-17-8-10-19(11-9-17)24-22(30-18(2)25-24)16-23(29)26-20-6-4-5-7-21(20)28-14-12-27(3)13-15-28/h4-11H,12-16H2,1-3H3,(H,26,29). The molecule has 1 N–H and O–H groups in total. The number of amides is 1. The Hall–Kier alpha value is -2.70. The number of hydrogen-bond acceptors (Lipinski definition) is 5. The van der Waals surface area contributed by atoms with Crippen molar-refractivity contribution in [1.29, 1.82) is 0 Å². The van der Waals surface area contributed by atoms with Crippen molar-refractivity contribution >= 4 is 28.6 Å². The van der Waals surface area contributed by atoms with E-state index in [1.54, 1.807) is 11.3 Å². The first-order chi connectivity index (χ1) is 14.5. The second-order valence-electron chi connectivity index (χ2n) is 7.90. The van der Waals surface area contributed by atoms with Crippen LogP contribution in [-0.4, -0.2) is 49.0 Å². The first kappa shape index (κ1) is 20.6. The summed E-state index contributed by atoms with van der Waals surface area (Å²) in [7, 11) is 2.15. The average Bonchev–Trinajstić information content (AvgIpc) is 3.09. The first-order valence-electron chi connectivity index (χ1n) is 10.4. The normalized spacial score (nSPS) is 14.7.